The number of thiophene rings is 1. The first-order chi connectivity index (χ1) is 16.3. The van der Waals surface area contributed by atoms with Gasteiger partial charge in [0.05, 0.1) is 11.0 Å². The van der Waals surface area contributed by atoms with Gasteiger partial charge in [0.1, 0.15) is 0 Å². The molecule has 0 aliphatic heterocycles. The summed E-state index contributed by atoms with van der Waals surface area (Å²) >= 11 is 5.72. The van der Waals surface area contributed by atoms with E-state index in [4.69, 9.17) is 0 Å². The Morgan fingerprint density at radius 3 is 2.30 bits per heavy atom. The second-order valence-corrected chi connectivity index (χ2v) is 10.2. The smallest absolute Gasteiger partial charge is 0.0552 e. The number of fused-ring (bicyclic) bond motifs is 6. The molecule has 7 aromatic rings. The van der Waals surface area contributed by atoms with Gasteiger partial charge in [0.25, 0.3) is 0 Å². The predicted octanol–water partition coefficient (Wildman–Crippen LogP) is 9.58. The Balaban J connectivity index is 1.56. The number of halogens is 1. The average Bonchev–Trinajstić information content (AvgIpc) is 3.40. The van der Waals surface area contributed by atoms with E-state index in [2.05, 4.69) is 130 Å². The zero-order valence-corrected chi connectivity index (χ0v) is 20.0. The van der Waals surface area contributed by atoms with E-state index in [0.717, 1.165) is 4.47 Å². The number of hydrogen-bond donors (Lipinski definition) is 0. The molecule has 33 heavy (non-hydrogen) atoms. The first-order valence-electron chi connectivity index (χ1n) is 11.0. The standard InChI is InChI=1S/C30H18BrNS/c31-25-13-7-14-27-29(25)24-18-19(16-17-26(24)32(27)20-8-2-1-3-9-20)21-11-6-12-23-22-10-4-5-15-28(22)33-30(21)23/h1-18H. The van der Waals surface area contributed by atoms with E-state index in [0.29, 0.717) is 0 Å². The lowest BCUT2D eigenvalue weighted by atomic mass is 10.0. The van der Waals surface area contributed by atoms with Crippen LogP contribution in [0, 0.1) is 0 Å². The number of aromatic nitrogens is 1. The van der Waals surface area contributed by atoms with Gasteiger partial charge in [-0.25, -0.2) is 0 Å². The molecule has 2 aromatic heterocycles. The van der Waals surface area contributed by atoms with Crippen LogP contribution in [0.25, 0.3) is 58.8 Å². The molecule has 0 atom stereocenters. The molecule has 0 amide bonds. The highest BCUT2D eigenvalue weighted by atomic mass is 79.9. The second-order valence-electron chi connectivity index (χ2n) is 8.32. The van der Waals surface area contributed by atoms with Crippen LogP contribution in [0.3, 0.4) is 0 Å². The van der Waals surface area contributed by atoms with Crippen LogP contribution < -0.4 is 0 Å². The summed E-state index contributed by atoms with van der Waals surface area (Å²) in [5.41, 5.74) is 6.15. The summed E-state index contributed by atoms with van der Waals surface area (Å²) in [7, 11) is 0. The topological polar surface area (TPSA) is 4.93 Å². The highest BCUT2D eigenvalue weighted by Crippen LogP contribution is 2.42. The average molecular weight is 504 g/mol. The Labute approximate surface area is 203 Å². The summed E-state index contributed by atoms with van der Waals surface area (Å²) in [6.45, 7) is 0. The third-order valence-electron chi connectivity index (χ3n) is 6.47. The van der Waals surface area contributed by atoms with Gasteiger partial charge < -0.3 is 4.57 Å². The van der Waals surface area contributed by atoms with Crippen molar-refractivity contribution in [2.24, 2.45) is 0 Å². The second kappa shape index (κ2) is 7.31. The molecule has 0 fully saturated rings. The van der Waals surface area contributed by atoms with Gasteiger partial charge in [-0.05, 0) is 53.6 Å². The molecule has 0 saturated heterocycles. The minimum absolute atomic E-state index is 1.12. The molecule has 7 rings (SSSR count). The normalized spacial score (nSPS) is 11.8. The molecular formula is C30H18BrNS. The van der Waals surface area contributed by atoms with Crippen molar-refractivity contribution < 1.29 is 0 Å². The predicted molar refractivity (Wildman–Crippen MR) is 147 cm³/mol. The molecule has 5 aromatic carbocycles. The van der Waals surface area contributed by atoms with Gasteiger partial charge in [0.2, 0.25) is 0 Å². The van der Waals surface area contributed by atoms with Gasteiger partial charge in [0, 0.05) is 41.1 Å². The van der Waals surface area contributed by atoms with Crippen LogP contribution in [-0.4, -0.2) is 4.57 Å². The Morgan fingerprint density at radius 1 is 0.606 bits per heavy atom. The number of para-hydroxylation sites is 1. The molecule has 0 saturated carbocycles. The van der Waals surface area contributed by atoms with Crippen molar-refractivity contribution in [1.82, 2.24) is 4.57 Å². The van der Waals surface area contributed by atoms with Crippen molar-refractivity contribution in [3.63, 3.8) is 0 Å². The Hall–Kier alpha value is -3.40. The third kappa shape index (κ3) is 2.83. The molecule has 0 N–H and O–H groups in total. The Morgan fingerprint density at radius 2 is 1.39 bits per heavy atom. The lowest BCUT2D eigenvalue weighted by Gasteiger charge is -2.08. The fourth-order valence-electron chi connectivity index (χ4n) is 5.02. The van der Waals surface area contributed by atoms with Crippen molar-refractivity contribution in [3.8, 4) is 16.8 Å². The van der Waals surface area contributed by atoms with E-state index in [1.54, 1.807) is 0 Å². The first kappa shape index (κ1) is 19.1. The molecule has 2 heterocycles. The molecule has 0 unspecified atom stereocenters. The lowest BCUT2D eigenvalue weighted by molar-refractivity contribution is 1.18. The SMILES string of the molecule is Brc1cccc2c1c1cc(-c3cccc4c3sc3ccccc34)ccc1n2-c1ccccc1. The third-order valence-corrected chi connectivity index (χ3v) is 8.35. The molecule has 1 nitrogen and oxygen atoms in total. The Kier molecular flexibility index (Phi) is 4.23. The van der Waals surface area contributed by atoms with Crippen LogP contribution in [0.4, 0.5) is 0 Å². The maximum absolute atomic E-state index is 3.84. The van der Waals surface area contributed by atoms with E-state index in [9.17, 15) is 0 Å². The highest BCUT2D eigenvalue weighted by molar-refractivity contribution is 9.10. The van der Waals surface area contributed by atoms with Gasteiger partial charge in [-0.2, -0.15) is 0 Å². The van der Waals surface area contributed by atoms with E-state index in [-0.39, 0.29) is 0 Å². The van der Waals surface area contributed by atoms with Gasteiger partial charge in [-0.3, -0.25) is 0 Å². The number of rotatable bonds is 2. The summed E-state index contributed by atoms with van der Waals surface area (Å²) in [6.07, 6.45) is 0. The van der Waals surface area contributed by atoms with Crippen LogP contribution in [0.5, 0.6) is 0 Å². The van der Waals surface area contributed by atoms with Crippen molar-refractivity contribution in [2.45, 2.75) is 0 Å². The molecule has 0 radical (unpaired) electrons. The van der Waals surface area contributed by atoms with Crippen LogP contribution >= 0.6 is 27.3 Å². The quantitative estimate of drug-likeness (QED) is 0.221. The molecule has 0 aliphatic carbocycles. The fourth-order valence-corrected chi connectivity index (χ4v) is 6.83. The van der Waals surface area contributed by atoms with E-state index < -0.39 is 0 Å². The molecule has 156 valence electrons. The Bertz CT molecular complexity index is 1830. The van der Waals surface area contributed by atoms with E-state index in [1.165, 1.54) is 58.8 Å². The molecular weight excluding hydrogens is 486 g/mol. The lowest BCUT2D eigenvalue weighted by Crippen LogP contribution is -1.92. The molecule has 3 heteroatoms. The minimum atomic E-state index is 1.12. The molecule has 0 bridgehead atoms. The largest absolute Gasteiger partial charge is 0.309 e. The van der Waals surface area contributed by atoms with Crippen LogP contribution in [-0.2, 0) is 0 Å². The monoisotopic (exact) mass is 503 g/mol. The zero-order valence-electron chi connectivity index (χ0n) is 17.6. The van der Waals surface area contributed by atoms with Crippen LogP contribution in [0.2, 0.25) is 0 Å². The van der Waals surface area contributed by atoms with Crippen molar-refractivity contribution in [2.75, 3.05) is 0 Å². The van der Waals surface area contributed by atoms with Gasteiger partial charge in [-0.1, -0.05) is 82.7 Å². The molecule has 0 spiro atoms. The fraction of sp³-hybridized carbons (Fsp3) is 0. The van der Waals surface area contributed by atoms with Gasteiger partial charge in [0.15, 0.2) is 0 Å². The minimum Gasteiger partial charge on any atom is -0.309 e. The summed E-state index contributed by atoms with van der Waals surface area (Å²) < 4.78 is 6.17. The maximum Gasteiger partial charge on any atom is 0.0552 e. The summed E-state index contributed by atoms with van der Waals surface area (Å²) in [4.78, 5) is 0. The van der Waals surface area contributed by atoms with Gasteiger partial charge in [-0.15, -0.1) is 11.3 Å². The number of benzene rings is 5. The van der Waals surface area contributed by atoms with Crippen LogP contribution in [0.15, 0.2) is 114 Å². The first-order valence-corrected chi connectivity index (χ1v) is 12.6. The highest BCUT2D eigenvalue weighted by Gasteiger charge is 2.16. The number of nitrogens with zero attached hydrogens (tertiary/aromatic N) is 1. The maximum atomic E-state index is 3.84. The molecule has 0 aliphatic rings. The van der Waals surface area contributed by atoms with Gasteiger partial charge >= 0.3 is 0 Å². The number of hydrogen-bond acceptors (Lipinski definition) is 1. The van der Waals surface area contributed by atoms with Crippen LogP contribution in [0.1, 0.15) is 0 Å². The van der Waals surface area contributed by atoms with E-state index in [1.807, 2.05) is 11.3 Å². The van der Waals surface area contributed by atoms with Crippen molar-refractivity contribution in [1.29, 1.82) is 0 Å². The van der Waals surface area contributed by atoms with Crippen molar-refractivity contribution >= 4 is 69.2 Å². The zero-order chi connectivity index (χ0) is 21.9. The van der Waals surface area contributed by atoms with Crippen molar-refractivity contribution in [3.05, 3.63) is 114 Å². The summed E-state index contributed by atoms with van der Waals surface area (Å²) in [5.74, 6) is 0. The summed E-state index contributed by atoms with van der Waals surface area (Å²) in [5, 5.41) is 5.18. The summed E-state index contributed by atoms with van der Waals surface area (Å²) in [6, 6.07) is 39.4. The van der Waals surface area contributed by atoms with E-state index >= 15 is 0 Å².